The third-order valence-corrected chi connectivity index (χ3v) is 5.67. The number of halogens is 1. The monoisotopic (exact) mass is 458 g/mol. The fraction of sp³-hybridized carbons (Fsp3) is 0.174. The van der Waals surface area contributed by atoms with Crippen LogP contribution in [0, 0.1) is 5.82 Å². The highest BCUT2D eigenvalue weighted by atomic mass is 19.1. The number of hydrogen-bond donors (Lipinski definition) is 3. The Morgan fingerprint density at radius 1 is 1.21 bits per heavy atom. The van der Waals surface area contributed by atoms with Crippen molar-refractivity contribution < 1.29 is 14.0 Å². The number of carbonyl (C=O) groups is 2. The van der Waals surface area contributed by atoms with Crippen LogP contribution in [0.2, 0.25) is 0 Å². The molecule has 6 rings (SSSR count). The largest absolute Gasteiger partial charge is 0.367 e. The second-order valence-electron chi connectivity index (χ2n) is 8.26. The Hall–Kier alpha value is -4.54. The van der Waals surface area contributed by atoms with E-state index < -0.39 is 11.7 Å². The predicted octanol–water partition coefficient (Wildman–Crippen LogP) is 2.80. The molecule has 1 saturated heterocycles. The van der Waals surface area contributed by atoms with Gasteiger partial charge in [0.2, 0.25) is 5.91 Å². The molecule has 3 aromatic heterocycles. The lowest BCUT2D eigenvalue weighted by molar-refractivity contribution is -0.124. The van der Waals surface area contributed by atoms with Gasteiger partial charge < -0.3 is 15.2 Å². The maximum Gasteiger partial charge on any atom is 0.254 e. The summed E-state index contributed by atoms with van der Waals surface area (Å²) in [4.78, 5) is 32.2. The number of benzene rings is 1. The molecule has 2 fully saturated rings. The van der Waals surface area contributed by atoms with Crippen molar-refractivity contribution in [3.8, 4) is 5.69 Å². The average molecular weight is 458 g/mol. The molecule has 1 saturated carbocycles. The Kier molecular flexibility index (Phi) is 4.61. The Morgan fingerprint density at radius 2 is 2.09 bits per heavy atom. The van der Waals surface area contributed by atoms with E-state index in [0.717, 1.165) is 12.8 Å². The predicted molar refractivity (Wildman–Crippen MR) is 122 cm³/mol. The molecule has 4 heterocycles. The zero-order chi connectivity index (χ0) is 23.2. The zero-order valence-corrected chi connectivity index (χ0v) is 17.8. The second kappa shape index (κ2) is 7.80. The molecule has 2 amide bonds. The van der Waals surface area contributed by atoms with Crippen LogP contribution >= 0.6 is 0 Å². The molecule has 4 aromatic rings. The molecule has 11 heteroatoms. The van der Waals surface area contributed by atoms with E-state index in [4.69, 9.17) is 0 Å². The van der Waals surface area contributed by atoms with Crippen LogP contribution in [0.15, 0.2) is 54.8 Å². The summed E-state index contributed by atoms with van der Waals surface area (Å²) in [6, 6.07) is 6.94. The normalized spacial score (nSPS) is 16.9. The van der Waals surface area contributed by atoms with Crippen LogP contribution in [0.1, 0.15) is 24.8 Å². The van der Waals surface area contributed by atoms with Crippen molar-refractivity contribution >= 4 is 40.9 Å². The summed E-state index contributed by atoms with van der Waals surface area (Å²) in [5.41, 5.74) is 2.31. The molecular weight excluding hydrogens is 439 g/mol. The first-order valence-electron chi connectivity index (χ1n) is 10.8. The summed E-state index contributed by atoms with van der Waals surface area (Å²) >= 11 is 0. The van der Waals surface area contributed by atoms with Gasteiger partial charge in [-0.3, -0.25) is 14.9 Å². The molecule has 0 unspecified atom stereocenters. The van der Waals surface area contributed by atoms with Gasteiger partial charge in [0.25, 0.3) is 5.91 Å². The summed E-state index contributed by atoms with van der Waals surface area (Å²) in [5.74, 6) is -0.0932. The minimum absolute atomic E-state index is 0.00969. The quantitative estimate of drug-likeness (QED) is 0.300. The van der Waals surface area contributed by atoms with Crippen LogP contribution in [0.3, 0.4) is 0 Å². The third kappa shape index (κ3) is 3.76. The molecule has 0 bridgehead atoms. The lowest BCUT2D eigenvalue weighted by atomic mass is 10.1. The van der Waals surface area contributed by atoms with Crippen LogP contribution in [0.4, 0.5) is 21.7 Å². The number of nitrogens with one attached hydrogen (secondary N) is 3. The maximum atomic E-state index is 14.9. The number of imide groups is 1. The number of hydrogen-bond acceptors (Lipinski definition) is 7. The lowest BCUT2D eigenvalue weighted by Crippen LogP contribution is -2.19. The van der Waals surface area contributed by atoms with Crippen LogP contribution in [-0.4, -0.2) is 42.0 Å². The van der Waals surface area contributed by atoms with Gasteiger partial charge in [0, 0.05) is 47.4 Å². The fourth-order valence-corrected chi connectivity index (χ4v) is 3.81. The van der Waals surface area contributed by atoms with Gasteiger partial charge in [0.1, 0.15) is 17.5 Å². The van der Waals surface area contributed by atoms with E-state index in [1.54, 1.807) is 58.3 Å². The number of rotatable bonds is 6. The summed E-state index contributed by atoms with van der Waals surface area (Å²) in [6.07, 6.45) is 10.3. The fourth-order valence-electron chi connectivity index (χ4n) is 3.81. The SMILES string of the molecule is O=C1C/C(=C\c2cnn3c(NC4CC4)cc(Nc4ccc(-n5ccnc5)cc4F)nc23)C(=O)N1. The molecule has 0 atom stereocenters. The Labute approximate surface area is 192 Å². The highest BCUT2D eigenvalue weighted by Crippen LogP contribution is 2.29. The van der Waals surface area contributed by atoms with E-state index in [1.165, 1.54) is 6.07 Å². The van der Waals surface area contributed by atoms with Crippen molar-refractivity contribution in [3.63, 3.8) is 0 Å². The van der Waals surface area contributed by atoms with E-state index >= 15 is 0 Å². The number of anilines is 3. The topological polar surface area (TPSA) is 118 Å². The molecule has 1 aliphatic heterocycles. The molecule has 2 aliphatic rings. The van der Waals surface area contributed by atoms with Crippen molar-refractivity contribution in [3.05, 3.63) is 66.1 Å². The third-order valence-electron chi connectivity index (χ3n) is 5.67. The molecule has 10 nitrogen and oxygen atoms in total. The van der Waals surface area contributed by atoms with Gasteiger partial charge in [-0.25, -0.2) is 14.4 Å². The molecule has 34 heavy (non-hydrogen) atoms. The van der Waals surface area contributed by atoms with E-state index in [-0.39, 0.29) is 18.0 Å². The first-order chi connectivity index (χ1) is 16.5. The van der Waals surface area contributed by atoms with Gasteiger partial charge in [-0.2, -0.15) is 9.61 Å². The van der Waals surface area contributed by atoms with Gasteiger partial charge in [-0.05, 0) is 31.1 Å². The number of fused-ring (bicyclic) bond motifs is 1. The number of nitrogens with zero attached hydrogens (tertiary/aromatic N) is 5. The molecule has 0 spiro atoms. The lowest BCUT2D eigenvalue weighted by Gasteiger charge is -2.13. The minimum atomic E-state index is -0.443. The summed E-state index contributed by atoms with van der Waals surface area (Å²) in [5, 5.41) is 13.1. The summed E-state index contributed by atoms with van der Waals surface area (Å²) in [7, 11) is 0. The molecular formula is C23H19FN8O2. The molecule has 0 radical (unpaired) electrons. The average Bonchev–Trinajstić information content (AvgIpc) is 3.18. The van der Waals surface area contributed by atoms with E-state index in [1.807, 2.05) is 0 Å². The van der Waals surface area contributed by atoms with Gasteiger partial charge in [0.15, 0.2) is 5.65 Å². The Bertz CT molecular complexity index is 1470. The van der Waals surface area contributed by atoms with Crippen LogP contribution in [0.5, 0.6) is 0 Å². The molecule has 170 valence electrons. The first-order valence-corrected chi connectivity index (χ1v) is 10.8. The van der Waals surface area contributed by atoms with E-state index in [2.05, 4.69) is 31.0 Å². The van der Waals surface area contributed by atoms with Gasteiger partial charge in [-0.15, -0.1) is 0 Å². The summed E-state index contributed by atoms with van der Waals surface area (Å²) < 4.78 is 18.2. The van der Waals surface area contributed by atoms with Gasteiger partial charge in [0.05, 0.1) is 24.6 Å². The van der Waals surface area contributed by atoms with Crippen molar-refractivity contribution in [2.45, 2.75) is 25.3 Å². The maximum absolute atomic E-state index is 14.9. The second-order valence-corrected chi connectivity index (χ2v) is 8.26. The van der Waals surface area contributed by atoms with Crippen molar-refractivity contribution in [1.82, 2.24) is 29.5 Å². The molecule has 1 aromatic carbocycles. The van der Waals surface area contributed by atoms with E-state index in [0.29, 0.717) is 40.1 Å². The highest BCUT2D eigenvalue weighted by molar-refractivity contribution is 6.15. The number of carbonyl (C=O) groups excluding carboxylic acids is 2. The Morgan fingerprint density at radius 3 is 2.79 bits per heavy atom. The van der Waals surface area contributed by atoms with Crippen molar-refractivity contribution in [2.75, 3.05) is 10.6 Å². The van der Waals surface area contributed by atoms with E-state index in [9.17, 15) is 14.0 Å². The molecule has 1 aliphatic carbocycles. The summed E-state index contributed by atoms with van der Waals surface area (Å²) in [6.45, 7) is 0. The smallest absolute Gasteiger partial charge is 0.254 e. The first kappa shape index (κ1) is 20.1. The Balaban J connectivity index is 1.38. The molecule has 3 N–H and O–H groups in total. The van der Waals surface area contributed by atoms with Crippen LogP contribution in [0.25, 0.3) is 17.4 Å². The minimum Gasteiger partial charge on any atom is -0.367 e. The highest BCUT2D eigenvalue weighted by Gasteiger charge is 2.26. The van der Waals surface area contributed by atoms with Crippen molar-refractivity contribution in [2.24, 2.45) is 0 Å². The van der Waals surface area contributed by atoms with Gasteiger partial charge >= 0.3 is 0 Å². The standard InChI is InChI=1S/C23H19FN8O2/c24-17-9-16(31-6-5-25-12-31)3-4-18(17)28-19-10-20(27-15-1-2-15)32-22(29-19)14(11-26-32)7-13-8-21(33)30-23(13)34/h3-7,9-12,15,27H,1-2,8H2,(H,28,29)(H,30,33,34)/b13-7+. The van der Waals surface area contributed by atoms with Crippen molar-refractivity contribution in [1.29, 1.82) is 0 Å². The zero-order valence-electron chi connectivity index (χ0n) is 17.8. The number of amides is 2. The van der Waals surface area contributed by atoms with Crippen LogP contribution < -0.4 is 16.0 Å². The van der Waals surface area contributed by atoms with Gasteiger partial charge in [-0.1, -0.05) is 0 Å². The number of aromatic nitrogens is 5. The number of imidazole rings is 1. The van der Waals surface area contributed by atoms with Crippen LogP contribution in [-0.2, 0) is 9.59 Å².